The summed E-state index contributed by atoms with van der Waals surface area (Å²) in [4.78, 5) is 21.0. The first-order chi connectivity index (χ1) is 8.43. The topological polar surface area (TPSA) is 34.1 Å². The molecular formula is C16H28O2. The number of carbonyl (C=O) groups excluding carboxylic acids is 2. The van der Waals surface area contributed by atoms with E-state index in [1.54, 1.807) is 13.0 Å². The Labute approximate surface area is 112 Å². The van der Waals surface area contributed by atoms with Crippen LogP contribution in [0.15, 0.2) is 24.3 Å². The minimum Gasteiger partial charge on any atom is -0.300 e. The Kier molecular flexibility index (Phi) is 14.8. The average Bonchev–Trinajstić information content (AvgIpc) is 2.29. The molecule has 0 spiro atoms. The molecule has 0 saturated carbocycles. The Morgan fingerprint density at radius 2 is 1.72 bits per heavy atom. The molecule has 0 aliphatic heterocycles. The fourth-order valence-corrected chi connectivity index (χ4v) is 1.14. The first kappa shape index (κ1) is 19.2. The highest BCUT2D eigenvalue weighted by Crippen LogP contribution is 2.03. The Balaban J connectivity index is 0. The summed E-state index contributed by atoms with van der Waals surface area (Å²) in [5.41, 5.74) is 1.16. The zero-order valence-corrected chi connectivity index (χ0v) is 12.4. The zero-order valence-electron chi connectivity index (χ0n) is 12.4. The molecule has 0 rings (SSSR count). The van der Waals surface area contributed by atoms with Gasteiger partial charge in [0, 0.05) is 12.8 Å². The Hall–Kier alpha value is -1.18. The highest BCUT2D eigenvalue weighted by molar-refractivity contribution is 5.89. The third kappa shape index (κ3) is 20.3. The minimum atomic E-state index is 0.225. The number of hydrogen-bond acceptors (Lipinski definition) is 2. The minimum absolute atomic E-state index is 0.225. The van der Waals surface area contributed by atoms with Crippen molar-refractivity contribution in [2.24, 2.45) is 0 Å². The molecule has 0 aromatic rings. The molecule has 0 fully saturated rings. The molecule has 0 aliphatic carbocycles. The number of rotatable bonds is 8. The van der Waals surface area contributed by atoms with Crippen molar-refractivity contribution in [2.45, 2.75) is 66.2 Å². The van der Waals surface area contributed by atoms with Gasteiger partial charge in [-0.2, -0.15) is 0 Å². The highest BCUT2D eigenvalue weighted by atomic mass is 16.1. The molecule has 0 amide bonds. The van der Waals surface area contributed by atoms with E-state index in [1.807, 2.05) is 19.9 Å². The van der Waals surface area contributed by atoms with Crippen molar-refractivity contribution >= 4 is 11.6 Å². The maximum atomic E-state index is 10.6. The Morgan fingerprint density at radius 1 is 1.11 bits per heavy atom. The van der Waals surface area contributed by atoms with Crippen LogP contribution in [-0.2, 0) is 9.59 Å². The van der Waals surface area contributed by atoms with Crippen LogP contribution in [0.5, 0.6) is 0 Å². The molecular weight excluding hydrogens is 224 g/mol. The lowest BCUT2D eigenvalue weighted by Crippen LogP contribution is -1.88. The molecule has 2 heteroatoms. The van der Waals surface area contributed by atoms with Crippen molar-refractivity contribution in [3.63, 3.8) is 0 Å². The maximum Gasteiger partial charge on any atom is 0.155 e. The van der Waals surface area contributed by atoms with Gasteiger partial charge >= 0.3 is 0 Å². The summed E-state index contributed by atoms with van der Waals surface area (Å²) in [6, 6.07) is 0. The number of allylic oxidation sites excluding steroid dienone is 3. The van der Waals surface area contributed by atoms with Gasteiger partial charge in [0.1, 0.15) is 5.78 Å². The molecule has 0 radical (unpaired) electrons. The summed E-state index contributed by atoms with van der Waals surface area (Å²) in [5, 5.41) is 0. The van der Waals surface area contributed by atoms with Gasteiger partial charge in [-0.1, -0.05) is 31.9 Å². The van der Waals surface area contributed by atoms with Crippen LogP contribution in [0.4, 0.5) is 0 Å². The molecule has 0 aromatic heterocycles. The molecule has 18 heavy (non-hydrogen) atoms. The number of ketones is 2. The van der Waals surface area contributed by atoms with E-state index >= 15 is 0 Å². The molecule has 0 saturated heterocycles. The molecule has 104 valence electrons. The van der Waals surface area contributed by atoms with Gasteiger partial charge in [0.2, 0.25) is 0 Å². The van der Waals surface area contributed by atoms with Crippen LogP contribution >= 0.6 is 0 Å². The Morgan fingerprint density at radius 3 is 2.11 bits per heavy atom. The van der Waals surface area contributed by atoms with E-state index in [0.717, 1.165) is 31.3 Å². The SMILES string of the molecule is C=C(C)CCCC(C)=O.CCCC=CC(=O)CC. The second-order valence-electron chi connectivity index (χ2n) is 4.52. The lowest BCUT2D eigenvalue weighted by molar-refractivity contribution is -0.117. The van der Waals surface area contributed by atoms with Gasteiger partial charge < -0.3 is 4.79 Å². The van der Waals surface area contributed by atoms with Crippen molar-refractivity contribution in [3.8, 4) is 0 Å². The second kappa shape index (κ2) is 13.9. The molecule has 0 N–H and O–H groups in total. The van der Waals surface area contributed by atoms with Gasteiger partial charge in [-0.3, -0.25) is 4.79 Å². The third-order valence-corrected chi connectivity index (χ3v) is 2.24. The zero-order chi connectivity index (χ0) is 14.4. The Bertz CT molecular complexity index is 261. The fraction of sp³-hybridized carbons (Fsp3) is 0.625. The van der Waals surface area contributed by atoms with Gasteiger partial charge in [0.15, 0.2) is 5.78 Å². The van der Waals surface area contributed by atoms with Crippen molar-refractivity contribution < 1.29 is 9.59 Å². The normalized spacial score (nSPS) is 9.78. The van der Waals surface area contributed by atoms with Crippen LogP contribution in [0.1, 0.15) is 66.2 Å². The summed E-state index contributed by atoms with van der Waals surface area (Å²) >= 11 is 0. The predicted molar refractivity (Wildman–Crippen MR) is 78.7 cm³/mol. The standard InChI is InChI=1S/2C8H14O/c1-7(2)5-4-6-8(3)9;1-3-5-6-7-8(9)4-2/h1,4-6H2,2-3H3;6-7H,3-5H2,1-2H3. The third-order valence-electron chi connectivity index (χ3n) is 2.24. The summed E-state index contributed by atoms with van der Waals surface area (Å²) in [7, 11) is 0. The van der Waals surface area contributed by atoms with Crippen LogP contribution in [0.3, 0.4) is 0 Å². The molecule has 0 atom stereocenters. The summed E-state index contributed by atoms with van der Waals surface area (Å²) in [6.45, 7) is 11.3. The van der Waals surface area contributed by atoms with E-state index in [2.05, 4.69) is 13.5 Å². The largest absolute Gasteiger partial charge is 0.300 e. The monoisotopic (exact) mass is 252 g/mol. The van der Waals surface area contributed by atoms with Crippen LogP contribution in [0, 0.1) is 0 Å². The number of unbranched alkanes of at least 4 members (excludes halogenated alkanes) is 1. The molecule has 0 heterocycles. The first-order valence-corrected chi connectivity index (χ1v) is 6.77. The smallest absolute Gasteiger partial charge is 0.155 e. The van der Waals surface area contributed by atoms with E-state index in [-0.39, 0.29) is 11.6 Å². The van der Waals surface area contributed by atoms with E-state index in [9.17, 15) is 9.59 Å². The quantitative estimate of drug-likeness (QED) is 0.465. The second-order valence-corrected chi connectivity index (χ2v) is 4.52. The van der Waals surface area contributed by atoms with Crippen molar-refractivity contribution in [1.82, 2.24) is 0 Å². The van der Waals surface area contributed by atoms with E-state index in [4.69, 9.17) is 0 Å². The van der Waals surface area contributed by atoms with Gasteiger partial charge in [-0.15, -0.1) is 6.58 Å². The summed E-state index contributed by atoms with van der Waals surface area (Å²) in [5.74, 6) is 0.500. The van der Waals surface area contributed by atoms with Crippen molar-refractivity contribution in [2.75, 3.05) is 0 Å². The number of hydrogen-bond donors (Lipinski definition) is 0. The van der Waals surface area contributed by atoms with Gasteiger partial charge in [0.05, 0.1) is 0 Å². The summed E-state index contributed by atoms with van der Waals surface area (Å²) in [6.07, 6.45) is 9.02. The maximum absolute atomic E-state index is 10.6. The van der Waals surface area contributed by atoms with Gasteiger partial charge in [-0.05, 0) is 39.2 Å². The van der Waals surface area contributed by atoms with Crippen LogP contribution < -0.4 is 0 Å². The number of carbonyl (C=O) groups is 2. The van der Waals surface area contributed by atoms with E-state index in [1.165, 1.54) is 0 Å². The lowest BCUT2D eigenvalue weighted by Gasteiger charge is -1.94. The lowest BCUT2D eigenvalue weighted by atomic mass is 10.1. The molecule has 0 aliphatic rings. The van der Waals surface area contributed by atoms with Crippen LogP contribution in [-0.4, -0.2) is 11.6 Å². The first-order valence-electron chi connectivity index (χ1n) is 6.77. The molecule has 0 unspecified atom stereocenters. The average molecular weight is 252 g/mol. The number of Topliss-reactive ketones (excluding diaryl/α,β-unsaturated/α-hetero) is 1. The van der Waals surface area contributed by atoms with Crippen LogP contribution in [0.25, 0.3) is 0 Å². The van der Waals surface area contributed by atoms with Crippen molar-refractivity contribution in [1.29, 1.82) is 0 Å². The van der Waals surface area contributed by atoms with Crippen molar-refractivity contribution in [3.05, 3.63) is 24.3 Å². The fourth-order valence-electron chi connectivity index (χ4n) is 1.14. The highest BCUT2D eigenvalue weighted by Gasteiger charge is 1.92. The van der Waals surface area contributed by atoms with Gasteiger partial charge in [-0.25, -0.2) is 0 Å². The molecule has 0 bridgehead atoms. The molecule has 0 aromatic carbocycles. The van der Waals surface area contributed by atoms with E-state index in [0.29, 0.717) is 12.8 Å². The summed E-state index contributed by atoms with van der Waals surface area (Å²) < 4.78 is 0. The molecule has 2 nitrogen and oxygen atoms in total. The van der Waals surface area contributed by atoms with E-state index < -0.39 is 0 Å². The van der Waals surface area contributed by atoms with Crippen LogP contribution in [0.2, 0.25) is 0 Å². The van der Waals surface area contributed by atoms with Gasteiger partial charge in [0.25, 0.3) is 0 Å². The predicted octanol–water partition coefficient (Wildman–Crippen LogP) is 4.64.